The van der Waals surface area contributed by atoms with Gasteiger partial charge in [-0.15, -0.1) is 0 Å². The number of oxazole rings is 1. The Hall–Kier alpha value is -5.55. The van der Waals surface area contributed by atoms with Crippen molar-refractivity contribution in [2.45, 2.75) is 105 Å². The first-order valence-electron chi connectivity index (χ1n) is 20.9. The van der Waals surface area contributed by atoms with Gasteiger partial charge < -0.3 is 14.2 Å². The van der Waals surface area contributed by atoms with Gasteiger partial charge >= 0.3 is 0 Å². The third-order valence-corrected chi connectivity index (χ3v) is 12.3. The van der Waals surface area contributed by atoms with Crippen LogP contribution in [-0.2, 0) is 21.7 Å². The summed E-state index contributed by atoms with van der Waals surface area (Å²) in [5.74, 6) is 0.640. The van der Waals surface area contributed by atoms with Gasteiger partial charge in [-0.3, -0.25) is 0 Å². The molecule has 1 aromatic heterocycles. The van der Waals surface area contributed by atoms with Crippen molar-refractivity contribution in [2.24, 2.45) is 0 Å². The van der Waals surface area contributed by atoms with Crippen LogP contribution >= 0.6 is 0 Å². The Bertz CT molecular complexity index is 2700. The van der Waals surface area contributed by atoms with E-state index in [0.29, 0.717) is 5.89 Å². The van der Waals surface area contributed by atoms with E-state index in [9.17, 15) is 0 Å². The van der Waals surface area contributed by atoms with Crippen molar-refractivity contribution >= 4 is 68.3 Å². The largest absolute Gasteiger partial charge is 0.436 e. The zero-order chi connectivity index (χ0) is 41.1. The number of anilines is 6. The SMILES string of the molecule is CC(C)(C)c1ccc(-c2nc3cc4c(cc3o2)B2c3cc(C(C)(C)C)ccc3N(c3ccc(C(C)(C)C)cc3)c3cccc(c32)N4c2ccc(C(C)(C)C)cc2)cc1. The zero-order valence-electron chi connectivity index (χ0n) is 36.4. The van der Waals surface area contributed by atoms with Crippen LogP contribution in [0.2, 0.25) is 0 Å². The van der Waals surface area contributed by atoms with Gasteiger partial charge in [-0.1, -0.05) is 138 Å². The zero-order valence-corrected chi connectivity index (χ0v) is 36.4. The van der Waals surface area contributed by atoms with E-state index in [1.165, 1.54) is 55.7 Å². The normalized spacial score (nSPS) is 14.1. The third kappa shape index (κ3) is 6.35. The van der Waals surface area contributed by atoms with Crippen molar-refractivity contribution in [3.63, 3.8) is 0 Å². The summed E-state index contributed by atoms with van der Waals surface area (Å²) in [6, 6.07) is 45.6. The molecule has 5 heteroatoms. The van der Waals surface area contributed by atoms with Crippen molar-refractivity contribution in [3.8, 4) is 11.5 Å². The molecule has 0 spiro atoms. The highest BCUT2D eigenvalue weighted by molar-refractivity contribution is 7.00. The summed E-state index contributed by atoms with van der Waals surface area (Å²) >= 11 is 0. The number of hydrogen-bond donors (Lipinski definition) is 0. The molecule has 0 saturated heterocycles. The van der Waals surface area contributed by atoms with E-state index in [1.807, 2.05) is 0 Å². The third-order valence-electron chi connectivity index (χ3n) is 12.3. The van der Waals surface area contributed by atoms with Gasteiger partial charge in [-0.2, -0.15) is 0 Å². The van der Waals surface area contributed by atoms with E-state index in [4.69, 9.17) is 9.40 Å². The lowest BCUT2D eigenvalue weighted by Gasteiger charge is -2.44. The number of hydrogen-bond acceptors (Lipinski definition) is 4. The van der Waals surface area contributed by atoms with Gasteiger partial charge in [0.05, 0.1) is 0 Å². The van der Waals surface area contributed by atoms with Crippen LogP contribution in [0.25, 0.3) is 22.6 Å². The average Bonchev–Trinajstić information content (AvgIpc) is 3.59. The van der Waals surface area contributed by atoms with Crippen LogP contribution in [-0.4, -0.2) is 11.7 Å². The molecule has 292 valence electrons. The molecule has 0 aliphatic carbocycles. The molecule has 0 saturated carbocycles. The molecule has 3 heterocycles. The summed E-state index contributed by atoms with van der Waals surface area (Å²) in [6.07, 6.45) is 0. The van der Waals surface area contributed by atoms with Crippen molar-refractivity contribution in [1.29, 1.82) is 0 Å². The highest BCUT2D eigenvalue weighted by Gasteiger charge is 2.44. The van der Waals surface area contributed by atoms with Gasteiger partial charge in [0.25, 0.3) is 6.71 Å². The lowest BCUT2D eigenvalue weighted by atomic mass is 9.33. The van der Waals surface area contributed by atoms with E-state index < -0.39 is 0 Å². The molecule has 0 unspecified atom stereocenters. The predicted molar refractivity (Wildman–Crippen MR) is 248 cm³/mol. The molecule has 7 aromatic rings. The Balaban J connectivity index is 1.31. The summed E-state index contributed by atoms with van der Waals surface area (Å²) in [4.78, 5) is 10.1. The number of fused-ring (bicyclic) bond motifs is 5. The van der Waals surface area contributed by atoms with Gasteiger partial charge in [0, 0.05) is 39.7 Å². The van der Waals surface area contributed by atoms with Crippen molar-refractivity contribution in [1.82, 2.24) is 4.98 Å². The van der Waals surface area contributed by atoms with Crippen LogP contribution in [0, 0.1) is 0 Å². The molecule has 2 aliphatic heterocycles. The summed E-state index contributed by atoms with van der Waals surface area (Å²) in [6.45, 7) is 27.3. The molecule has 58 heavy (non-hydrogen) atoms. The van der Waals surface area contributed by atoms with Gasteiger partial charge in [0.2, 0.25) is 5.89 Å². The van der Waals surface area contributed by atoms with E-state index in [2.05, 4.69) is 214 Å². The maximum atomic E-state index is 6.72. The smallest absolute Gasteiger partial charge is 0.252 e. The monoisotopic (exact) mass is 761 g/mol. The molecule has 2 aliphatic rings. The molecule has 0 N–H and O–H groups in total. The molecule has 0 amide bonds. The molecule has 9 rings (SSSR count). The molecule has 4 nitrogen and oxygen atoms in total. The first-order chi connectivity index (χ1) is 27.3. The summed E-state index contributed by atoms with van der Waals surface area (Å²) in [7, 11) is 0. The van der Waals surface area contributed by atoms with Crippen LogP contribution < -0.4 is 26.2 Å². The second-order valence-electron chi connectivity index (χ2n) is 20.7. The van der Waals surface area contributed by atoms with Gasteiger partial charge in [-0.05, 0) is 127 Å². The predicted octanol–water partition coefficient (Wildman–Crippen LogP) is 12.8. The number of aromatic nitrogens is 1. The second-order valence-corrected chi connectivity index (χ2v) is 20.7. The molecular weight excluding hydrogens is 705 g/mol. The maximum absolute atomic E-state index is 6.72. The first kappa shape index (κ1) is 38.0. The standard InChI is InChI=1S/C53H56BN3O/c1-50(2,3)34-18-16-33(17-19-34)49-55-42-32-46-41(31-47(42)58-49)54-40-30-37(53(10,11)12)24-29-43(40)56(38-25-20-35(21-26-38)51(4,5)6)44-14-13-15-45(48(44)54)57(46)39-27-22-36(23-28-39)52(7,8)9/h13-32H,1-12H3. The molecule has 0 radical (unpaired) electrons. The van der Waals surface area contributed by atoms with Crippen molar-refractivity contribution in [3.05, 3.63) is 144 Å². The van der Waals surface area contributed by atoms with Crippen LogP contribution in [0.3, 0.4) is 0 Å². The fraction of sp³-hybridized carbons (Fsp3) is 0.302. The molecule has 0 bridgehead atoms. The summed E-state index contributed by atoms with van der Waals surface area (Å²) in [5, 5.41) is 0. The highest BCUT2D eigenvalue weighted by Crippen LogP contribution is 2.46. The van der Waals surface area contributed by atoms with Gasteiger partial charge in [0.1, 0.15) is 5.52 Å². The Morgan fingerprint density at radius 2 is 0.897 bits per heavy atom. The van der Waals surface area contributed by atoms with Crippen LogP contribution in [0.4, 0.5) is 34.1 Å². The molecule has 0 atom stereocenters. The second kappa shape index (κ2) is 13.0. The first-order valence-corrected chi connectivity index (χ1v) is 20.9. The Morgan fingerprint density at radius 3 is 1.40 bits per heavy atom. The number of rotatable bonds is 3. The van der Waals surface area contributed by atoms with E-state index in [-0.39, 0.29) is 28.4 Å². The Kier molecular flexibility index (Phi) is 8.50. The fourth-order valence-electron chi connectivity index (χ4n) is 8.84. The summed E-state index contributed by atoms with van der Waals surface area (Å²) in [5.41, 5.74) is 18.8. The van der Waals surface area contributed by atoms with E-state index >= 15 is 0 Å². The quantitative estimate of drug-likeness (QED) is 0.168. The van der Waals surface area contributed by atoms with Crippen LogP contribution in [0.5, 0.6) is 0 Å². The lowest BCUT2D eigenvalue weighted by molar-refractivity contribution is 0.589. The average molecular weight is 762 g/mol. The molecule has 0 fully saturated rings. The number of nitrogens with zero attached hydrogens (tertiary/aromatic N) is 3. The van der Waals surface area contributed by atoms with Gasteiger partial charge in [-0.25, -0.2) is 4.98 Å². The van der Waals surface area contributed by atoms with Crippen LogP contribution in [0.15, 0.2) is 126 Å². The highest BCUT2D eigenvalue weighted by atomic mass is 16.3. The minimum absolute atomic E-state index is 0.0291. The Labute approximate surface area is 346 Å². The Morgan fingerprint density at radius 1 is 0.448 bits per heavy atom. The summed E-state index contributed by atoms with van der Waals surface area (Å²) < 4.78 is 6.72. The minimum Gasteiger partial charge on any atom is -0.436 e. The van der Waals surface area contributed by atoms with Crippen molar-refractivity contribution in [2.75, 3.05) is 9.80 Å². The van der Waals surface area contributed by atoms with E-state index in [1.54, 1.807) is 0 Å². The maximum Gasteiger partial charge on any atom is 0.252 e. The van der Waals surface area contributed by atoms with Crippen molar-refractivity contribution < 1.29 is 4.42 Å². The minimum atomic E-state index is -0.0299. The van der Waals surface area contributed by atoms with Crippen LogP contribution in [0.1, 0.15) is 105 Å². The molecule has 6 aromatic carbocycles. The lowest BCUT2D eigenvalue weighted by Crippen LogP contribution is -2.61. The molecular formula is C53H56BN3O. The number of benzene rings is 6. The van der Waals surface area contributed by atoms with Gasteiger partial charge in [0.15, 0.2) is 5.58 Å². The van der Waals surface area contributed by atoms with E-state index in [0.717, 1.165) is 33.7 Å². The topological polar surface area (TPSA) is 32.5 Å². The fourth-order valence-corrected chi connectivity index (χ4v) is 8.84.